The summed E-state index contributed by atoms with van der Waals surface area (Å²) >= 11 is 6.09. The van der Waals surface area contributed by atoms with Crippen LogP contribution in [0, 0.1) is 0 Å². The van der Waals surface area contributed by atoms with Crippen LogP contribution in [-0.4, -0.2) is 50.0 Å². The second-order valence-corrected chi connectivity index (χ2v) is 13.7. The van der Waals surface area contributed by atoms with E-state index in [2.05, 4.69) is 5.32 Å². The van der Waals surface area contributed by atoms with Crippen LogP contribution in [0.15, 0.2) is 78.9 Å². The molecule has 0 spiro atoms. The van der Waals surface area contributed by atoms with E-state index in [1.165, 1.54) is 11.0 Å². The van der Waals surface area contributed by atoms with Crippen molar-refractivity contribution in [2.75, 3.05) is 17.1 Å². The van der Waals surface area contributed by atoms with E-state index in [4.69, 9.17) is 11.6 Å². The number of nitrogens with one attached hydrogen (secondary N) is 1. The predicted molar refractivity (Wildman–Crippen MR) is 169 cm³/mol. The molecule has 1 aliphatic carbocycles. The topological polar surface area (TPSA) is 86.8 Å². The van der Waals surface area contributed by atoms with Crippen molar-refractivity contribution in [1.82, 2.24) is 10.2 Å². The molecular weight excluding hydrogens is 627 g/mol. The average molecular weight is 664 g/mol. The van der Waals surface area contributed by atoms with Crippen molar-refractivity contribution in [2.45, 2.75) is 69.8 Å². The highest BCUT2D eigenvalue weighted by molar-refractivity contribution is 7.92. The summed E-state index contributed by atoms with van der Waals surface area (Å²) in [7, 11) is -3.97. The van der Waals surface area contributed by atoms with Crippen LogP contribution in [-0.2, 0) is 38.8 Å². The molecule has 0 saturated heterocycles. The monoisotopic (exact) mass is 663 g/mol. The molecule has 3 aromatic carbocycles. The number of anilines is 1. The number of alkyl halides is 3. The lowest BCUT2D eigenvalue weighted by Crippen LogP contribution is -2.52. The minimum Gasteiger partial charge on any atom is -0.352 e. The Morgan fingerprint density at radius 1 is 0.956 bits per heavy atom. The van der Waals surface area contributed by atoms with Gasteiger partial charge in [0.25, 0.3) is 0 Å². The molecule has 0 aromatic heterocycles. The summed E-state index contributed by atoms with van der Waals surface area (Å²) in [6.07, 6.45) is 0.169. The number of nitrogens with zero attached hydrogens (tertiary/aromatic N) is 2. The van der Waals surface area contributed by atoms with Crippen LogP contribution in [0.3, 0.4) is 0 Å². The van der Waals surface area contributed by atoms with E-state index in [-0.39, 0.29) is 55.9 Å². The van der Waals surface area contributed by atoms with E-state index in [1.807, 2.05) is 30.3 Å². The van der Waals surface area contributed by atoms with Gasteiger partial charge in [0.2, 0.25) is 21.8 Å². The molecule has 12 heteroatoms. The van der Waals surface area contributed by atoms with Crippen LogP contribution in [0.5, 0.6) is 0 Å². The second kappa shape index (κ2) is 15.1. The zero-order valence-corrected chi connectivity index (χ0v) is 26.5. The smallest absolute Gasteiger partial charge is 0.352 e. The Morgan fingerprint density at radius 3 is 2.24 bits per heavy atom. The number of benzene rings is 3. The highest BCUT2D eigenvalue weighted by atomic mass is 35.5. The summed E-state index contributed by atoms with van der Waals surface area (Å²) in [5.41, 5.74) is 0.499. The SMILES string of the molecule is CS(=O)(=O)N(CCCC(=O)N(Cc1ccc(Cl)cc1)[C@@H](Cc1ccccc1)C(=O)NC1CCCC1)c1cccc(C(F)(F)F)c1. The molecule has 1 N–H and O–H groups in total. The van der Waals surface area contributed by atoms with Gasteiger partial charge >= 0.3 is 6.18 Å². The Balaban J connectivity index is 1.59. The van der Waals surface area contributed by atoms with Crippen LogP contribution in [0.1, 0.15) is 55.2 Å². The maximum Gasteiger partial charge on any atom is 0.416 e. The van der Waals surface area contributed by atoms with Gasteiger partial charge in [-0.15, -0.1) is 0 Å². The van der Waals surface area contributed by atoms with Crippen molar-refractivity contribution in [3.05, 3.63) is 101 Å². The molecular formula is C33H37ClF3N3O4S. The Labute approximate surface area is 267 Å². The van der Waals surface area contributed by atoms with Crippen molar-refractivity contribution in [3.63, 3.8) is 0 Å². The van der Waals surface area contributed by atoms with Crippen molar-refractivity contribution in [1.29, 1.82) is 0 Å². The number of hydrogen-bond acceptors (Lipinski definition) is 4. The zero-order valence-electron chi connectivity index (χ0n) is 25.0. The van der Waals surface area contributed by atoms with Crippen molar-refractivity contribution in [2.24, 2.45) is 0 Å². The van der Waals surface area contributed by atoms with Crippen molar-refractivity contribution >= 4 is 39.1 Å². The quantitative estimate of drug-likeness (QED) is 0.223. The van der Waals surface area contributed by atoms with Crippen molar-refractivity contribution in [3.8, 4) is 0 Å². The molecule has 1 atom stereocenters. The molecule has 7 nitrogen and oxygen atoms in total. The van der Waals surface area contributed by atoms with Gasteiger partial charge in [-0.3, -0.25) is 13.9 Å². The molecule has 1 fully saturated rings. The van der Waals surface area contributed by atoms with Gasteiger partial charge in [-0.2, -0.15) is 13.2 Å². The number of halogens is 4. The number of rotatable bonds is 13. The fourth-order valence-corrected chi connectivity index (χ4v) is 6.63. The van der Waals surface area contributed by atoms with Gasteiger partial charge < -0.3 is 10.2 Å². The minimum atomic E-state index is -4.65. The summed E-state index contributed by atoms with van der Waals surface area (Å²) in [5.74, 6) is -0.653. The summed E-state index contributed by atoms with van der Waals surface area (Å²) < 4.78 is 66.1. The zero-order chi connectivity index (χ0) is 32.6. The fraction of sp³-hybridized carbons (Fsp3) is 0.394. The molecule has 242 valence electrons. The van der Waals surface area contributed by atoms with Crippen LogP contribution in [0.25, 0.3) is 0 Å². The highest BCUT2D eigenvalue weighted by Gasteiger charge is 2.33. The third-order valence-electron chi connectivity index (χ3n) is 7.85. The maximum atomic E-state index is 13.9. The molecule has 0 heterocycles. The first-order valence-electron chi connectivity index (χ1n) is 14.8. The van der Waals surface area contributed by atoms with E-state index >= 15 is 0 Å². The Kier molecular flexibility index (Phi) is 11.5. The van der Waals surface area contributed by atoms with Gasteiger partial charge in [0.1, 0.15) is 6.04 Å². The summed E-state index contributed by atoms with van der Waals surface area (Å²) in [4.78, 5) is 29.3. The van der Waals surface area contributed by atoms with E-state index in [0.717, 1.165) is 65.6 Å². The van der Waals surface area contributed by atoms with Crippen LogP contribution in [0.4, 0.5) is 18.9 Å². The Bertz CT molecular complexity index is 1550. The van der Waals surface area contributed by atoms with E-state index in [9.17, 15) is 31.2 Å². The molecule has 1 saturated carbocycles. The summed E-state index contributed by atoms with van der Waals surface area (Å²) in [6, 6.07) is 19.6. The van der Waals surface area contributed by atoms with Crippen molar-refractivity contribution < 1.29 is 31.2 Å². The number of hydrogen-bond donors (Lipinski definition) is 1. The Hall–Kier alpha value is -3.57. The fourth-order valence-electron chi connectivity index (χ4n) is 5.55. The van der Waals surface area contributed by atoms with E-state index in [1.54, 1.807) is 24.3 Å². The van der Waals surface area contributed by atoms with Gasteiger partial charge in [0, 0.05) is 37.0 Å². The second-order valence-electron chi connectivity index (χ2n) is 11.3. The average Bonchev–Trinajstić information content (AvgIpc) is 3.50. The molecule has 0 radical (unpaired) electrons. The number of sulfonamides is 1. The molecule has 3 aromatic rings. The normalized spacial score (nSPS) is 14.6. The van der Waals surface area contributed by atoms with Crippen LogP contribution < -0.4 is 9.62 Å². The minimum absolute atomic E-state index is 0.0154. The lowest BCUT2D eigenvalue weighted by Gasteiger charge is -2.33. The molecule has 1 aliphatic rings. The van der Waals surface area contributed by atoms with Gasteiger partial charge in [-0.05, 0) is 60.7 Å². The first-order valence-corrected chi connectivity index (χ1v) is 17.1. The van der Waals surface area contributed by atoms with E-state index in [0.29, 0.717) is 5.02 Å². The molecule has 0 bridgehead atoms. The standard InChI is InChI=1S/C33H37ClF3N3O4S/c1-45(43,44)40(29-14-7-11-26(22-29)33(35,36)37)20-8-15-31(41)39(23-25-16-18-27(34)19-17-25)30(21-24-9-3-2-4-10-24)32(42)38-28-12-5-6-13-28/h2-4,7,9-11,14,16-19,22,28,30H,5-6,8,12-13,15,20-21,23H2,1H3,(H,38,42)/t30-/m0/s1. The lowest BCUT2D eigenvalue weighted by atomic mass is 10.0. The van der Waals surface area contributed by atoms with E-state index < -0.39 is 27.8 Å². The van der Waals surface area contributed by atoms with Gasteiger partial charge in [-0.1, -0.05) is 73.0 Å². The summed E-state index contributed by atoms with van der Waals surface area (Å²) in [5, 5.41) is 3.65. The number of carbonyl (C=O) groups excluding carboxylic acids is 2. The van der Waals surface area contributed by atoms with Gasteiger partial charge in [0.05, 0.1) is 17.5 Å². The third-order valence-corrected chi connectivity index (χ3v) is 9.30. The summed E-state index contributed by atoms with van der Waals surface area (Å²) in [6.45, 7) is -0.118. The van der Waals surface area contributed by atoms with Crippen LogP contribution >= 0.6 is 11.6 Å². The highest BCUT2D eigenvalue weighted by Crippen LogP contribution is 2.32. The Morgan fingerprint density at radius 2 is 1.62 bits per heavy atom. The molecule has 0 unspecified atom stereocenters. The molecule has 2 amide bonds. The number of carbonyl (C=O) groups is 2. The molecule has 45 heavy (non-hydrogen) atoms. The van der Waals surface area contributed by atoms with Gasteiger partial charge in [-0.25, -0.2) is 8.42 Å². The molecule has 4 rings (SSSR count). The maximum absolute atomic E-state index is 13.9. The van der Waals surface area contributed by atoms with Gasteiger partial charge in [0.15, 0.2) is 0 Å². The largest absolute Gasteiger partial charge is 0.416 e. The molecule has 0 aliphatic heterocycles. The predicted octanol–water partition coefficient (Wildman–Crippen LogP) is 6.60. The lowest BCUT2D eigenvalue weighted by molar-refractivity contribution is -0.141. The number of amides is 2. The van der Waals surface area contributed by atoms with Crippen LogP contribution in [0.2, 0.25) is 5.02 Å². The third kappa shape index (κ3) is 9.96. The first kappa shape index (κ1) is 34.3. The first-order chi connectivity index (χ1) is 21.3.